The molecule has 0 aliphatic carbocycles. The minimum absolute atomic E-state index is 0.0178. The first-order valence-electron chi connectivity index (χ1n) is 5.71. The molecule has 0 spiro atoms. The summed E-state index contributed by atoms with van der Waals surface area (Å²) in [4.78, 5) is 0. The number of benzene rings is 1. The molecule has 0 heterocycles. The summed E-state index contributed by atoms with van der Waals surface area (Å²) in [7, 11) is 0. The largest absolute Gasteiger partial charge is 0.490 e. The van der Waals surface area contributed by atoms with Gasteiger partial charge in [0.2, 0.25) is 0 Å². The van der Waals surface area contributed by atoms with Gasteiger partial charge in [0.1, 0.15) is 11.6 Å². The van der Waals surface area contributed by atoms with Crippen LogP contribution in [0, 0.1) is 11.3 Å². The number of hydrogen-bond donors (Lipinski definition) is 2. The molecule has 94 valence electrons. The van der Waals surface area contributed by atoms with Crippen LogP contribution in [-0.4, -0.2) is 11.9 Å². The maximum absolute atomic E-state index is 7.57. The molecule has 1 rings (SSSR count). The number of nitrogens with two attached hydrogens (primary N) is 1. The van der Waals surface area contributed by atoms with Gasteiger partial charge in [0.15, 0.2) is 0 Å². The third-order valence-electron chi connectivity index (χ3n) is 2.38. The Kier molecular flexibility index (Phi) is 5.00. The second-order valence-corrected chi connectivity index (χ2v) is 5.44. The summed E-state index contributed by atoms with van der Waals surface area (Å²) in [5.41, 5.74) is 6.19. The van der Waals surface area contributed by atoms with Crippen molar-refractivity contribution in [3.63, 3.8) is 0 Å². The summed E-state index contributed by atoms with van der Waals surface area (Å²) in [6.45, 7) is 6.35. The summed E-state index contributed by atoms with van der Waals surface area (Å²) in [6, 6.07) is 5.59. The molecule has 0 aromatic heterocycles. The number of hydrogen-bond acceptors (Lipinski definition) is 2. The van der Waals surface area contributed by atoms with Crippen molar-refractivity contribution >= 4 is 21.8 Å². The molecule has 0 bridgehead atoms. The average molecular weight is 299 g/mol. The van der Waals surface area contributed by atoms with Crippen LogP contribution in [0.5, 0.6) is 5.75 Å². The Labute approximate surface area is 111 Å². The first-order chi connectivity index (χ1) is 7.91. The van der Waals surface area contributed by atoms with E-state index in [-0.39, 0.29) is 11.9 Å². The predicted molar refractivity (Wildman–Crippen MR) is 74.7 cm³/mol. The zero-order valence-electron chi connectivity index (χ0n) is 10.5. The molecule has 0 saturated heterocycles. The van der Waals surface area contributed by atoms with E-state index < -0.39 is 0 Å². The fraction of sp³-hybridized carbons (Fsp3) is 0.462. The van der Waals surface area contributed by atoms with Crippen LogP contribution in [0.1, 0.15) is 32.8 Å². The third-order valence-corrected chi connectivity index (χ3v) is 3.04. The lowest BCUT2D eigenvalue weighted by Gasteiger charge is -2.19. The van der Waals surface area contributed by atoms with Crippen molar-refractivity contribution in [1.82, 2.24) is 0 Å². The second kappa shape index (κ2) is 6.05. The summed E-state index contributed by atoms with van der Waals surface area (Å²) in [5, 5.41) is 7.57. The minimum Gasteiger partial charge on any atom is -0.490 e. The molecule has 3 N–H and O–H groups in total. The van der Waals surface area contributed by atoms with Gasteiger partial charge in [-0.05, 0) is 47.3 Å². The third kappa shape index (κ3) is 4.04. The van der Waals surface area contributed by atoms with Crippen molar-refractivity contribution < 1.29 is 4.74 Å². The summed E-state index contributed by atoms with van der Waals surface area (Å²) >= 11 is 3.39. The van der Waals surface area contributed by atoms with E-state index in [2.05, 4.69) is 29.8 Å². The van der Waals surface area contributed by atoms with E-state index in [4.69, 9.17) is 15.9 Å². The lowest BCUT2D eigenvalue weighted by molar-refractivity contribution is 0.193. The van der Waals surface area contributed by atoms with Gasteiger partial charge in [0.05, 0.1) is 11.7 Å². The van der Waals surface area contributed by atoms with Crippen LogP contribution in [0.2, 0.25) is 0 Å². The molecule has 0 saturated carbocycles. The van der Waals surface area contributed by atoms with Crippen LogP contribution in [0.25, 0.3) is 0 Å². The highest BCUT2D eigenvalue weighted by atomic mass is 79.9. The number of nitrogens with one attached hydrogen (secondary N) is 1. The van der Waals surface area contributed by atoms with E-state index in [0.29, 0.717) is 17.2 Å². The highest BCUT2D eigenvalue weighted by Gasteiger charge is 2.14. The number of nitrogen functional groups attached to an aromatic ring is 1. The van der Waals surface area contributed by atoms with Crippen LogP contribution >= 0.6 is 15.9 Å². The molecule has 0 radical (unpaired) electrons. The van der Waals surface area contributed by atoms with Crippen LogP contribution in [0.4, 0.5) is 0 Å². The topological polar surface area (TPSA) is 59.1 Å². The minimum atomic E-state index is 0.0178. The van der Waals surface area contributed by atoms with Crippen molar-refractivity contribution in [2.75, 3.05) is 0 Å². The van der Waals surface area contributed by atoms with Crippen LogP contribution < -0.4 is 10.5 Å². The van der Waals surface area contributed by atoms with Gasteiger partial charge < -0.3 is 10.5 Å². The van der Waals surface area contributed by atoms with Gasteiger partial charge in [-0.15, -0.1) is 0 Å². The van der Waals surface area contributed by atoms with Crippen molar-refractivity contribution in [3.8, 4) is 5.75 Å². The molecule has 0 aliphatic rings. The first-order valence-corrected chi connectivity index (χ1v) is 6.50. The summed E-state index contributed by atoms with van der Waals surface area (Å²) in [5.74, 6) is 1.27. The van der Waals surface area contributed by atoms with Crippen LogP contribution in [-0.2, 0) is 0 Å². The van der Waals surface area contributed by atoms with Gasteiger partial charge in [0.25, 0.3) is 0 Å². The Hall–Kier alpha value is -1.03. The zero-order chi connectivity index (χ0) is 13.0. The van der Waals surface area contributed by atoms with Gasteiger partial charge in [-0.1, -0.05) is 19.9 Å². The SMILES string of the molecule is CC(C)CC(C)Oc1cccc(Br)c1C(=N)N. The van der Waals surface area contributed by atoms with Gasteiger partial charge in [-0.25, -0.2) is 0 Å². The molecular formula is C13H19BrN2O. The van der Waals surface area contributed by atoms with Gasteiger partial charge in [-0.3, -0.25) is 5.41 Å². The Morgan fingerprint density at radius 3 is 2.59 bits per heavy atom. The van der Waals surface area contributed by atoms with E-state index >= 15 is 0 Å². The standard InChI is InChI=1S/C13H19BrN2O/c1-8(2)7-9(3)17-11-6-4-5-10(14)12(11)13(15)16/h4-6,8-9H,7H2,1-3H3,(H3,15,16). The van der Waals surface area contributed by atoms with Crippen molar-refractivity contribution in [2.24, 2.45) is 11.7 Å². The van der Waals surface area contributed by atoms with E-state index in [1.54, 1.807) is 0 Å². The van der Waals surface area contributed by atoms with Gasteiger partial charge in [0, 0.05) is 4.47 Å². The lowest BCUT2D eigenvalue weighted by atomic mass is 10.1. The Balaban J connectivity index is 2.91. The Morgan fingerprint density at radius 1 is 1.41 bits per heavy atom. The Morgan fingerprint density at radius 2 is 2.06 bits per heavy atom. The molecule has 1 aromatic carbocycles. The average Bonchev–Trinajstić information content (AvgIpc) is 2.15. The van der Waals surface area contributed by atoms with E-state index in [9.17, 15) is 0 Å². The summed E-state index contributed by atoms with van der Waals surface area (Å²) < 4.78 is 6.64. The predicted octanol–water partition coefficient (Wildman–Crippen LogP) is 3.55. The monoisotopic (exact) mass is 298 g/mol. The molecule has 4 heteroatoms. The second-order valence-electron chi connectivity index (χ2n) is 4.58. The fourth-order valence-electron chi connectivity index (χ4n) is 1.79. The van der Waals surface area contributed by atoms with E-state index in [1.165, 1.54) is 0 Å². The molecule has 1 atom stereocenters. The van der Waals surface area contributed by atoms with Crippen molar-refractivity contribution in [2.45, 2.75) is 33.3 Å². The normalized spacial score (nSPS) is 12.5. The quantitative estimate of drug-likeness (QED) is 0.645. The smallest absolute Gasteiger partial charge is 0.131 e. The zero-order valence-corrected chi connectivity index (χ0v) is 12.0. The van der Waals surface area contributed by atoms with Gasteiger partial charge >= 0.3 is 0 Å². The van der Waals surface area contributed by atoms with Gasteiger partial charge in [-0.2, -0.15) is 0 Å². The lowest BCUT2D eigenvalue weighted by Crippen LogP contribution is -2.19. The molecule has 1 aromatic rings. The van der Waals surface area contributed by atoms with E-state index in [0.717, 1.165) is 10.9 Å². The first kappa shape index (κ1) is 14.0. The highest BCUT2D eigenvalue weighted by Crippen LogP contribution is 2.27. The molecule has 0 aliphatic heterocycles. The Bertz CT molecular complexity index is 404. The molecule has 0 amide bonds. The van der Waals surface area contributed by atoms with Crippen molar-refractivity contribution in [1.29, 1.82) is 5.41 Å². The van der Waals surface area contributed by atoms with E-state index in [1.807, 2.05) is 25.1 Å². The number of rotatable bonds is 5. The molecule has 1 unspecified atom stereocenters. The maximum Gasteiger partial charge on any atom is 0.131 e. The summed E-state index contributed by atoms with van der Waals surface area (Å²) in [6.07, 6.45) is 1.09. The fourth-order valence-corrected chi connectivity index (χ4v) is 2.35. The van der Waals surface area contributed by atoms with Crippen molar-refractivity contribution in [3.05, 3.63) is 28.2 Å². The number of halogens is 1. The molecule has 17 heavy (non-hydrogen) atoms. The van der Waals surface area contributed by atoms with Crippen LogP contribution in [0.15, 0.2) is 22.7 Å². The van der Waals surface area contributed by atoms with Crippen LogP contribution in [0.3, 0.4) is 0 Å². The highest BCUT2D eigenvalue weighted by molar-refractivity contribution is 9.10. The molecular weight excluding hydrogens is 280 g/mol. The number of amidine groups is 1. The molecule has 3 nitrogen and oxygen atoms in total. The number of ether oxygens (including phenoxy) is 1. The maximum atomic E-state index is 7.57. The molecule has 0 fully saturated rings.